The molecule has 0 fully saturated rings. The number of rotatable bonds is 5. The summed E-state index contributed by atoms with van der Waals surface area (Å²) in [5.74, 6) is -0.623. The maximum absolute atomic E-state index is 12.7. The highest BCUT2D eigenvalue weighted by Crippen LogP contribution is 2.17. The lowest BCUT2D eigenvalue weighted by molar-refractivity contribution is 0.0932. The molecule has 0 radical (unpaired) electrons. The van der Waals surface area contributed by atoms with E-state index < -0.39 is 27.2 Å². The Morgan fingerprint density at radius 1 is 1.10 bits per heavy atom. The zero-order valence-corrected chi connectivity index (χ0v) is 18.2. The third-order valence-corrected chi connectivity index (χ3v) is 5.93. The number of benzene rings is 2. The molecule has 0 aliphatic rings. The van der Waals surface area contributed by atoms with Crippen molar-refractivity contribution >= 4 is 27.3 Å². The van der Waals surface area contributed by atoms with E-state index in [9.17, 15) is 18.0 Å². The number of hydrogen-bond acceptors (Lipinski definition) is 5. The number of sulfone groups is 1. The van der Waals surface area contributed by atoms with Gasteiger partial charge >= 0.3 is 0 Å². The van der Waals surface area contributed by atoms with Crippen LogP contribution in [-0.2, 0) is 9.84 Å². The summed E-state index contributed by atoms with van der Waals surface area (Å²) in [6, 6.07) is 13.9. The van der Waals surface area contributed by atoms with Crippen LogP contribution in [0.3, 0.4) is 0 Å². The maximum Gasteiger partial charge on any atom is 0.276 e. The topological polar surface area (TPSA) is 98.1 Å². The molecule has 0 spiro atoms. The monoisotopic (exact) mass is 445 g/mol. The molecule has 0 saturated carbocycles. The highest BCUT2D eigenvalue weighted by Gasteiger charge is 2.18. The number of nitrogens with one attached hydrogen (secondary N) is 1. The molecule has 1 N–H and O–H groups in total. The Balaban J connectivity index is 1.87. The van der Waals surface area contributed by atoms with Crippen molar-refractivity contribution in [1.82, 2.24) is 15.1 Å². The summed E-state index contributed by atoms with van der Waals surface area (Å²) in [7, 11) is -3.30. The lowest BCUT2D eigenvalue weighted by Gasteiger charge is -2.15. The van der Waals surface area contributed by atoms with Crippen molar-refractivity contribution < 1.29 is 13.2 Å². The van der Waals surface area contributed by atoms with E-state index in [1.54, 1.807) is 50.2 Å². The average molecular weight is 446 g/mol. The molecule has 0 aliphatic carbocycles. The fraction of sp³-hybridized carbons (Fsp3) is 0.190. The van der Waals surface area contributed by atoms with Gasteiger partial charge in [0.25, 0.3) is 5.91 Å². The van der Waals surface area contributed by atoms with Crippen LogP contribution in [0.2, 0.25) is 5.02 Å². The number of halogens is 1. The number of amides is 1. The lowest BCUT2D eigenvalue weighted by Crippen LogP contribution is -2.33. The zero-order chi connectivity index (χ0) is 22.1. The van der Waals surface area contributed by atoms with Gasteiger partial charge < -0.3 is 5.32 Å². The first kappa shape index (κ1) is 21.7. The van der Waals surface area contributed by atoms with Gasteiger partial charge in [-0.25, -0.2) is 13.1 Å². The highest BCUT2D eigenvalue weighted by molar-refractivity contribution is 7.90. The van der Waals surface area contributed by atoms with Gasteiger partial charge in [0.15, 0.2) is 15.5 Å². The minimum atomic E-state index is -3.30. The average Bonchev–Trinajstić information content (AvgIpc) is 2.68. The molecule has 1 amide bonds. The second-order valence-corrected chi connectivity index (χ2v) is 9.38. The van der Waals surface area contributed by atoms with Gasteiger partial charge in [-0.3, -0.25) is 9.59 Å². The standard InChI is InChI=1S/C21H20ClN3O4S/c1-13-12-19(26)20(24-25(13)17-8-6-16(22)7-9-17)21(27)23-14(2)15-4-10-18(11-5-15)30(3,28)29/h4-12,14H,1-3H3,(H,23,27). The first-order chi connectivity index (χ1) is 14.1. The van der Waals surface area contributed by atoms with E-state index in [0.717, 1.165) is 6.26 Å². The van der Waals surface area contributed by atoms with Crippen molar-refractivity contribution in [2.24, 2.45) is 0 Å². The van der Waals surface area contributed by atoms with Crippen molar-refractivity contribution in [3.05, 3.63) is 86.8 Å². The molecule has 30 heavy (non-hydrogen) atoms. The Bertz CT molecular complexity index is 1250. The number of aryl methyl sites for hydroxylation is 1. The van der Waals surface area contributed by atoms with Crippen molar-refractivity contribution in [2.45, 2.75) is 24.8 Å². The molecule has 3 rings (SSSR count). The Morgan fingerprint density at radius 2 is 1.70 bits per heavy atom. The Labute approximate surface area is 179 Å². The number of carbonyl (C=O) groups excluding carboxylic acids is 1. The summed E-state index contributed by atoms with van der Waals surface area (Å²) in [6.07, 6.45) is 1.13. The first-order valence-electron chi connectivity index (χ1n) is 9.04. The molecular weight excluding hydrogens is 426 g/mol. The van der Waals surface area contributed by atoms with Crippen LogP contribution in [0.1, 0.15) is 34.7 Å². The Morgan fingerprint density at radius 3 is 2.27 bits per heavy atom. The molecule has 156 valence electrons. The molecule has 3 aromatic rings. The van der Waals surface area contributed by atoms with Crippen LogP contribution in [0.25, 0.3) is 5.69 Å². The van der Waals surface area contributed by atoms with Gasteiger partial charge in [-0.05, 0) is 55.8 Å². The highest BCUT2D eigenvalue weighted by atomic mass is 35.5. The van der Waals surface area contributed by atoms with Crippen LogP contribution in [-0.4, -0.2) is 30.4 Å². The molecule has 0 aliphatic heterocycles. The Kier molecular flexibility index (Phi) is 6.09. The van der Waals surface area contributed by atoms with Crippen molar-refractivity contribution in [2.75, 3.05) is 6.26 Å². The van der Waals surface area contributed by atoms with Gasteiger partial charge in [0.1, 0.15) is 0 Å². The van der Waals surface area contributed by atoms with Gasteiger partial charge in [-0.1, -0.05) is 23.7 Å². The van der Waals surface area contributed by atoms with Crippen LogP contribution in [0.15, 0.2) is 64.3 Å². The largest absolute Gasteiger partial charge is 0.344 e. The summed E-state index contributed by atoms with van der Waals surface area (Å²) in [4.78, 5) is 25.3. The quantitative estimate of drug-likeness (QED) is 0.650. The normalized spacial score (nSPS) is 12.4. The molecule has 1 heterocycles. The molecule has 9 heteroatoms. The van der Waals surface area contributed by atoms with E-state index in [4.69, 9.17) is 11.6 Å². The molecule has 7 nitrogen and oxygen atoms in total. The fourth-order valence-electron chi connectivity index (χ4n) is 2.90. The van der Waals surface area contributed by atoms with Crippen LogP contribution < -0.4 is 10.7 Å². The molecular formula is C21H20ClN3O4S. The van der Waals surface area contributed by atoms with E-state index in [1.807, 2.05) is 0 Å². The molecule has 1 atom stereocenters. The summed E-state index contributed by atoms with van der Waals surface area (Å²) >= 11 is 5.92. The summed E-state index contributed by atoms with van der Waals surface area (Å²) in [5, 5.41) is 7.53. The van der Waals surface area contributed by atoms with Gasteiger partial charge in [-0.2, -0.15) is 5.10 Å². The van der Waals surface area contributed by atoms with Gasteiger partial charge in [0.05, 0.1) is 16.6 Å². The first-order valence-corrected chi connectivity index (χ1v) is 11.3. The smallest absolute Gasteiger partial charge is 0.276 e. The molecule has 1 unspecified atom stereocenters. The summed E-state index contributed by atoms with van der Waals surface area (Å²) in [6.45, 7) is 3.45. The Hall–Kier alpha value is -2.97. The molecule has 0 bridgehead atoms. The number of carbonyl (C=O) groups is 1. The summed E-state index contributed by atoms with van der Waals surface area (Å²) < 4.78 is 24.7. The molecule has 0 saturated heterocycles. The van der Waals surface area contributed by atoms with Crippen LogP contribution in [0.5, 0.6) is 0 Å². The third kappa shape index (κ3) is 4.77. The van der Waals surface area contributed by atoms with Crippen LogP contribution in [0.4, 0.5) is 0 Å². The summed E-state index contributed by atoms with van der Waals surface area (Å²) in [5.41, 5.74) is 1.20. The predicted molar refractivity (Wildman–Crippen MR) is 115 cm³/mol. The van der Waals surface area contributed by atoms with E-state index >= 15 is 0 Å². The number of hydrogen-bond donors (Lipinski definition) is 1. The minimum Gasteiger partial charge on any atom is -0.344 e. The van der Waals surface area contributed by atoms with Crippen molar-refractivity contribution in [3.63, 3.8) is 0 Å². The van der Waals surface area contributed by atoms with Crippen LogP contribution >= 0.6 is 11.6 Å². The van der Waals surface area contributed by atoms with Gasteiger partial charge in [-0.15, -0.1) is 0 Å². The molecule has 2 aromatic carbocycles. The minimum absolute atomic E-state index is 0.191. The molecule has 1 aromatic heterocycles. The maximum atomic E-state index is 12.7. The predicted octanol–water partition coefficient (Wildman–Crippen LogP) is 3.09. The van der Waals surface area contributed by atoms with E-state index in [-0.39, 0.29) is 10.6 Å². The number of nitrogens with zero attached hydrogens (tertiary/aromatic N) is 2. The van der Waals surface area contributed by atoms with Crippen molar-refractivity contribution in [3.8, 4) is 5.69 Å². The second kappa shape index (κ2) is 8.41. The van der Waals surface area contributed by atoms with Crippen LogP contribution in [0, 0.1) is 6.92 Å². The van der Waals surface area contributed by atoms with E-state index in [0.29, 0.717) is 22.0 Å². The second-order valence-electron chi connectivity index (χ2n) is 6.92. The fourth-order valence-corrected chi connectivity index (χ4v) is 3.66. The van der Waals surface area contributed by atoms with Gasteiger partial charge in [0.2, 0.25) is 5.43 Å². The van der Waals surface area contributed by atoms with E-state index in [2.05, 4.69) is 10.4 Å². The van der Waals surface area contributed by atoms with Gasteiger partial charge in [0, 0.05) is 23.0 Å². The number of aromatic nitrogens is 2. The lowest BCUT2D eigenvalue weighted by atomic mass is 10.1. The third-order valence-electron chi connectivity index (χ3n) is 4.55. The van der Waals surface area contributed by atoms with E-state index in [1.165, 1.54) is 22.9 Å². The zero-order valence-electron chi connectivity index (χ0n) is 16.6. The van der Waals surface area contributed by atoms with Crippen molar-refractivity contribution in [1.29, 1.82) is 0 Å². The SMILES string of the molecule is Cc1cc(=O)c(C(=O)NC(C)c2ccc(S(C)(=O)=O)cc2)nn1-c1ccc(Cl)cc1.